The molecule has 0 saturated heterocycles. The number of benzene rings is 1. The predicted octanol–water partition coefficient (Wildman–Crippen LogP) is 1.13. The molecule has 102 valence electrons. The number of aromatic carboxylic acids is 1. The summed E-state index contributed by atoms with van der Waals surface area (Å²) in [5.41, 5.74) is -0.741. The summed E-state index contributed by atoms with van der Waals surface area (Å²) in [7, 11) is -3.90. The van der Waals surface area contributed by atoms with Gasteiger partial charge in [-0.2, -0.15) is 0 Å². The van der Waals surface area contributed by atoms with Gasteiger partial charge in [-0.3, -0.25) is 0 Å². The van der Waals surface area contributed by atoms with Gasteiger partial charge in [-0.05, 0) is 24.6 Å². The molecule has 0 atom stereocenters. The smallest absolute Gasteiger partial charge is 0.338 e. The first-order chi connectivity index (χ1) is 8.79. The molecule has 0 saturated carbocycles. The number of carbonyl (C=O) groups is 1. The summed E-state index contributed by atoms with van der Waals surface area (Å²) in [5, 5.41) is 8.81. The number of hydrogen-bond acceptors (Lipinski definition) is 3. The van der Waals surface area contributed by atoms with Crippen LogP contribution >= 0.6 is 0 Å². The molecule has 1 aromatic rings. The molecule has 7 heteroatoms. The second-order valence-electron chi connectivity index (χ2n) is 3.76. The van der Waals surface area contributed by atoms with Crippen LogP contribution in [0.4, 0.5) is 4.39 Å². The summed E-state index contributed by atoms with van der Waals surface area (Å²) < 4.78 is 39.4. The number of nitrogens with one attached hydrogen (secondary N) is 1. The van der Waals surface area contributed by atoms with E-state index in [2.05, 4.69) is 10.6 Å². The summed E-state index contributed by atoms with van der Waals surface area (Å²) in [6.07, 6.45) is 5.19. The number of rotatable bonds is 5. The van der Waals surface area contributed by atoms with Crippen LogP contribution in [0.25, 0.3) is 0 Å². The molecule has 0 radical (unpaired) electrons. The topological polar surface area (TPSA) is 83.5 Å². The maximum atomic E-state index is 13.5. The molecule has 1 rings (SSSR count). The molecule has 0 unspecified atom stereocenters. The quantitative estimate of drug-likeness (QED) is 0.627. The zero-order chi connectivity index (χ0) is 14.6. The monoisotopic (exact) mass is 285 g/mol. The van der Waals surface area contributed by atoms with Crippen molar-refractivity contribution in [1.29, 1.82) is 0 Å². The molecule has 0 fully saturated rings. The fourth-order valence-corrected chi connectivity index (χ4v) is 2.53. The summed E-state index contributed by atoms with van der Waals surface area (Å²) in [6.45, 7) is 1.32. The summed E-state index contributed by atoms with van der Waals surface area (Å²) >= 11 is 0. The molecule has 0 heterocycles. The molecule has 19 heavy (non-hydrogen) atoms. The standard InChI is InChI=1S/C12H12FNO4S/c1-3-4-5-14-19(17,18)9-6-8(2)11(13)10(7-9)12(15)16/h1,6-7,14H,4-5H2,2H3,(H,15,16). The van der Waals surface area contributed by atoms with E-state index in [0.29, 0.717) is 0 Å². The van der Waals surface area contributed by atoms with Crippen molar-refractivity contribution in [3.8, 4) is 12.3 Å². The number of hydrogen-bond donors (Lipinski definition) is 2. The molecule has 0 aliphatic rings. The number of halogens is 1. The van der Waals surface area contributed by atoms with Crippen molar-refractivity contribution in [1.82, 2.24) is 4.72 Å². The van der Waals surface area contributed by atoms with Gasteiger partial charge < -0.3 is 5.11 Å². The van der Waals surface area contributed by atoms with Crippen molar-refractivity contribution in [3.63, 3.8) is 0 Å². The summed E-state index contributed by atoms with van der Waals surface area (Å²) in [5.74, 6) is -0.215. The Bertz CT molecular complexity index is 646. The molecule has 1 aromatic carbocycles. The largest absolute Gasteiger partial charge is 0.478 e. The zero-order valence-electron chi connectivity index (χ0n) is 10.1. The van der Waals surface area contributed by atoms with Gasteiger partial charge in [-0.25, -0.2) is 22.3 Å². The van der Waals surface area contributed by atoms with Crippen molar-refractivity contribution >= 4 is 16.0 Å². The lowest BCUT2D eigenvalue weighted by atomic mass is 10.1. The van der Waals surface area contributed by atoms with Gasteiger partial charge in [-0.15, -0.1) is 12.3 Å². The normalized spacial score (nSPS) is 11.0. The van der Waals surface area contributed by atoms with E-state index in [9.17, 15) is 17.6 Å². The maximum absolute atomic E-state index is 13.5. The van der Waals surface area contributed by atoms with Crippen molar-refractivity contribution in [2.24, 2.45) is 0 Å². The van der Waals surface area contributed by atoms with Gasteiger partial charge in [-0.1, -0.05) is 0 Å². The number of carboxylic acid groups (broad SMARTS) is 1. The van der Waals surface area contributed by atoms with Crippen LogP contribution in [0.15, 0.2) is 17.0 Å². The van der Waals surface area contributed by atoms with Crippen molar-refractivity contribution < 1.29 is 22.7 Å². The van der Waals surface area contributed by atoms with E-state index in [4.69, 9.17) is 11.5 Å². The minimum absolute atomic E-state index is 0.0255. The highest BCUT2D eigenvalue weighted by Gasteiger charge is 2.20. The second-order valence-corrected chi connectivity index (χ2v) is 5.53. The number of terminal acetylenes is 1. The van der Waals surface area contributed by atoms with Gasteiger partial charge in [0.25, 0.3) is 0 Å². The highest BCUT2D eigenvalue weighted by atomic mass is 32.2. The van der Waals surface area contributed by atoms with Gasteiger partial charge in [0.15, 0.2) is 0 Å². The summed E-state index contributed by atoms with van der Waals surface area (Å²) in [6, 6.07) is 1.85. The Labute approximate surface area is 110 Å². The van der Waals surface area contributed by atoms with Crippen LogP contribution in [0.5, 0.6) is 0 Å². The average Bonchev–Trinajstić information content (AvgIpc) is 2.32. The summed E-state index contributed by atoms with van der Waals surface area (Å²) in [4.78, 5) is 10.5. The maximum Gasteiger partial charge on any atom is 0.338 e. The Morgan fingerprint density at radius 3 is 2.68 bits per heavy atom. The van der Waals surface area contributed by atoms with Gasteiger partial charge in [0.2, 0.25) is 10.0 Å². The highest BCUT2D eigenvalue weighted by Crippen LogP contribution is 2.19. The van der Waals surface area contributed by atoms with E-state index in [1.807, 2.05) is 0 Å². The van der Waals surface area contributed by atoms with Crippen LogP contribution in [-0.4, -0.2) is 26.0 Å². The zero-order valence-corrected chi connectivity index (χ0v) is 10.9. The van der Waals surface area contributed by atoms with E-state index < -0.39 is 27.4 Å². The van der Waals surface area contributed by atoms with E-state index in [1.54, 1.807) is 0 Å². The molecular weight excluding hydrogens is 273 g/mol. The third-order valence-electron chi connectivity index (χ3n) is 2.33. The fraction of sp³-hybridized carbons (Fsp3) is 0.250. The third kappa shape index (κ3) is 3.53. The first-order valence-corrected chi connectivity index (χ1v) is 6.74. The van der Waals surface area contributed by atoms with E-state index >= 15 is 0 Å². The van der Waals surface area contributed by atoms with Gasteiger partial charge in [0, 0.05) is 13.0 Å². The first kappa shape index (κ1) is 15.1. The van der Waals surface area contributed by atoms with Crippen LogP contribution in [0.2, 0.25) is 0 Å². The highest BCUT2D eigenvalue weighted by molar-refractivity contribution is 7.89. The van der Waals surface area contributed by atoms with Crippen LogP contribution in [0.3, 0.4) is 0 Å². The molecule has 0 aromatic heterocycles. The van der Waals surface area contributed by atoms with Crippen molar-refractivity contribution in [2.45, 2.75) is 18.2 Å². The molecule has 0 aliphatic heterocycles. The minimum atomic E-state index is -3.90. The van der Waals surface area contributed by atoms with Crippen LogP contribution in [0.1, 0.15) is 22.3 Å². The SMILES string of the molecule is C#CCCNS(=O)(=O)c1cc(C)c(F)c(C(=O)O)c1. The Hall–Kier alpha value is -1.91. The second kappa shape index (κ2) is 5.82. The number of aryl methyl sites for hydroxylation is 1. The molecule has 0 aliphatic carbocycles. The average molecular weight is 285 g/mol. The fourth-order valence-electron chi connectivity index (χ4n) is 1.39. The van der Waals surface area contributed by atoms with Gasteiger partial charge in [0.05, 0.1) is 10.5 Å². The van der Waals surface area contributed by atoms with Crippen molar-refractivity contribution in [2.75, 3.05) is 6.54 Å². The molecular formula is C12H12FNO4S. The van der Waals surface area contributed by atoms with Gasteiger partial charge >= 0.3 is 5.97 Å². The Morgan fingerprint density at radius 1 is 1.53 bits per heavy atom. The Morgan fingerprint density at radius 2 is 2.16 bits per heavy atom. The van der Waals surface area contributed by atoms with E-state index in [-0.39, 0.29) is 23.4 Å². The molecule has 2 N–H and O–H groups in total. The minimum Gasteiger partial charge on any atom is -0.478 e. The lowest BCUT2D eigenvalue weighted by Gasteiger charge is -2.08. The first-order valence-electron chi connectivity index (χ1n) is 5.26. The molecule has 0 spiro atoms. The van der Waals surface area contributed by atoms with Crippen LogP contribution < -0.4 is 4.72 Å². The Balaban J connectivity index is 3.22. The molecule has 5 nitrogen and oxygen atoms in total. The van der Waals surface area contributed by atoms with Crippen LogP contribution in [-0.2, 0) is 10.0 Å². The van der Waals surface area contributed by atoms with Gasteiger partial charge in [0.1, 0.15) is 5.82 Å². The lowest BCUT2D eigenvalue weighted by Crippen LogP contribution is -2.25. The number of carboxylic acids is 1. The van der Waals surface area contributed by atoms with E-state index in [0.717, 1.165) is 12.1 Å². The van der Waals surface area contributed by atoms with Crippen LogP contribution in [0, 0.1) is 25.1 Å². The molecule has 0 amide bonds. The Kier molecular flexibility index (Phi) is 4.64. The van der Waals surface area contributed by atoms with E-state index in [1.165, 1.54) is 6.92 Å². The molecule has 0 bridgehead atoms. The predicted molar refractivity (Wildman–Crippen MR) is 66.7 cm³/mol. The number of sulfonamides is 1. The third-order valence-corrected chi connectivity index (χ3v) is 3.77. The lowest BCUT2D eigenvalue weighted by molar-refractivity contribution is 0.0691. The van der Waals surface area contributed by atoms with Crippen molar-refractivity contribution in [3.05, 3.63) is 29.1 Å².